The lowest BCUT2D eigenvalue weighted by Crippen LogP contribution is -2.49. The summed E-state index contributed by atoms with van der Waals surface area (Å²) in [6.45, 7) is 5.37. The molecule has 4 N–H and O–H groups in total. The highest BCUT2D eigenvalue weighted by Gasteiger charge is 2.52. The summed E-state index contributed by atoms with van der Waals surface area (Å²) >= 11 is 0. The van der Waals surface area contributed by atoms with Gasteiger partial charge in [0.25, 0.3) is 5.91 Å². The average Bonchev–Trinajstić information content (AvgIpc) is 3.61. The SMILES string of the molecule is CCOc1ccc2c(c1)CC(NCCCCO)C(=O)N2c1ccc2c(c1)[C@](O)([C@@H](C)/C=C/CC(=O)N1CCC[C@H]1CO)C(=O)N2C. The van der Waals surface area contributed by atoms with Crippen molar-refractivity contribution in [3.8, 4) is 5.75 Å². The van der Waals surface area contributed by atoms with Gasteiger partial charge < -0.3 is 35.2 Å². The first kappa shape index (κ1) is 33.6. The number of fused-ring (bicyclic) bond motifs is 2. The van der Waals surface area contributed by atoms with E-state index < -0.39 is 23.5 Å². The monoisotopic (exact) mass is 634 g/mol. The molecule has 3 amide bonds. The van der Waals surface area contributed by atoms with Crippen LogP contribution >= 0.6 is 0 Å². The second-order valence-electron chi connectivity index (χ2n) is 12.4. The van der Waals surface area contributed by atoms with Crippen molar-refractivity contribution >= 4 is 34.8 Å². The van der Waals surface area contributed by atoms with E-state index in [2.05, 4.69) is 5.32 Å². The Morgan fingerprint density at radius 3 is 2.67 bits per heavy atom. The number of hydrogen-bond donors (Lipinski definition) is 4. The highest BCUT2D eigenvalue weighted by atomic mass is 16.5. The van der Waals surface area contributed by atoms with E-state index in [1.54, 1.807) is 54.1 Å². The van der Waals surface area contributed by atoms with Gasteiger partial charge in [-0.05, 0) is 87.5 Å². The summed E-state index contributed by atoms with van der Waals surface area (Å²) in [6, 6.07) is 10.2. The Hall–Kier alpha value is -3.77. The van der Waals surface area contributed by atoms with Gasteiger partial charge in [0.2, 0.25) is 11.8 Å². The molecule has 2 aromatic carbocycles. The Morgan fingerprint density at radius 2 is 1.93 bits per heavy atom. The van der Waals surface area contributed by atoms with Gasteiger partial charge in [-0.25, -0.2) is 0 Å². The number of likely N-dealkylation sites (tertiary alicyclic amines) is 1. The smallest absolute Gasteiger partial charge is 0.264 e. The molecular formula is C35H46N4O7. The predicted molar refractivity (Wildman–Crippen MR) is 175 cm³/mol. The third-order valence-electron chi connectivity index (χ3n) is 9.45. The topological polar surface area (TPSA) is 143 Å². The fraction of sp³-hybridized carbons (Fsp3) is 0.514. The van der Waals surface area contributed by atoms with Gasteiger partial charge in [-0.2, -0.15) is 0 Å². The second kappa shape index (κ2) is 14.3. The van der Waals surface area contributed by atoms with Crippen LogP contribution < -0.4 is 19.9 Å². The van der Waals surface area contributed by atoms with Crippen LogP contribution in [0.5, 0.6) is 5.75 Å². The highest BCUT2D eigenvalue weighted by Crippen LogP contribution is 2.47. The Balaban J connectivity index is 1.45. The highest BCUT2D eigenvalue weighted by molar-refractivity contribution is 6.10. The van der Waals surface area contributed by atoms with Gasteiger partial charge in [0, 0.05) is 43.8 Å². The average molecular weight is 635 g/mol. The number of amides is 3. The number of anilines is 3. The quantitative estimate of drug-likeness (QED) is 0.195. The van der Waals surface area contributed by atoms with Crippen LogP contribution in [0.25, 0.3) is 0 Å². The van der Waals surface area contributed by atoms with Crippen molar-refractivity contribution in [3.63, 3.8) is 0 Å². The van der Waals surface area contributed by atoms with Crippen LogP contribution in [0.4, 0.5) is 17.1 Å². The van der Waals surface area contributed by atoms with Crippen molar-refractivity contribution in [2.24, 2.45) is 5.92 Å². The minimum atomic E-state index is -1.91. The van der Waals surface area contributed by atoms with Gasteiger partial charge >= 0.3 is 0 Å². The van der Waals surface area contributed by atoms with Crippen molar-refractivity contribution < 1.29 is 34.4 Å². The first-order valence-electron chi connectivity index (χ1n) is 16.3. The zero-order chi connectivity index (χ0) is 33.0. The molecule has 5 rings (SSSR count). The van der Waals surface area contributed by atoms with Crippen molar-refractivity contribution in [2.75, 3.05) is 49.8 Å². The molecule has 0 radical (unpaired) electrons. The molecule has 248 valence electrons. The molecule has 11 nitrogen and oxygen atoms in total. The van der Waals surface area contributed by atoms with Gasteiger partial charge in [0.1, 0.15) is 5.75 Å². The molecule has 0 aliphatic carbocycles. The number of likely N-dealkylation sites (N-methyl/N-ethyl adjacent to an activating group) is 1. The molecular weight excluding hydrogens is 588 g/mol. The zero-order valence-corrected chi connectivity index (χ0v) is 26.9. The number of nitrogens with zero attached hydrogens (tertiary/aromatic N) is 3. The zero-order valence-electron chi connectivity index (χ0n) is 26.9. The van der Waals surface area contributed by atoms with Crippen LogP contribution in [0.2, 0.25) is 0 Å². The van der Waals surface area contributed by atoms with E-state index in [0.29, 0.717) is 60.9 Å². The van der Waals surface area contributed by atoms with Crippen LogP contribution in [0, 0.1) is 5.92 Å². The summed E-state index contributed by atoms with van der Waals surface area (Å²) in [5.41, 5.74) is 1.18. The summed E-state index contributed by atoms with van der Waals surface area (Å²) < 4.78 is 5.74. The van der Waals surface area contributed by atoms with Gasteiger partial charge in [-0.3, -0.25) is 19.3 Å². The van der Waals surface area contributed by atoms with Crippen LogP contribution in [0.15, 0.2) is 48.6 Å². The Morgan fingerprint density at radius 1 is 1.15 bits per heavy atom. The van der Waals surface area contributed by atoms with Gasteiger partial charge in [-0.15, -0.1) is 0 Å². The maximum Gasteiger partial charge on any atom is 0.264 e. The fourth-order valence-electron chi connectivity index (χ4n) is 6.89. The Labute approximate surface area is 270 Å². The summed E-state index contributed by atoms with van der Waals surface area (Å²) in [5, 5.41) is 34.2. The van der Waals surface area contributed by atoms with Crippen LogP contribution in [0.1, 0.15) is 57.1 Å². The summed E-state index contributed by atoms with van der Waals surface area (Å²) in [4.78, 5) is 45.2. The summed E-state index contributed by atoms with van der Waals surface area (Å²) in [6.07, 6.45) is 6.94. The molecule has 46 heavy (non-hydrogen) atoms. The van der Waals surface area contributed by atoms with Crippen molar-refractivity contribution in [3.05, 3.63) is 59.7 Å². The van der Waals surface area contributed by atoms with Crippen LogP contribution in [0.3, 0.4) is 0 Å². The van der Waals surface area contributed by atoms with E-state index in [-0.39, 0.29) is 37.5 Å². The molecule has 3 aliphatic heterocycles. The lowest BCUT2D eigenvalue weighted by Gasteiger charge is -2.35. The number of carbonyl (C=O) groups excluding carboxylic acids is 3. The fourth-order valence-corrected chi connectivity index (χ4v) is 6.89. The van der Waals surface area contributed by atoms with Gasteiger partial charge in [0.15, 0.2) is 5.60 Å². The van der Waals surface area contributed by atoms with E-state index in [1.165, 1.54) is 4.90 Å². The first-order chi connectivity index (χ1) is 22.1. The standard InChI is InChI=1S/C35H46N4O7/c1-4-46-27-13-15-30-24(19-27)20-29(36-16-5-6-18-40)33(43)39(30)25-12-14-31-28(21-25)35(45,34(44)37(31)3)23(2)9-7-11-32(42)38-17-8-10-26(38)22-41/h7,9,12-15,19,21,23,26,29,36,40-41,45H,4-6,8,10-11,16-18,20,22H2,1-3H3/b9-7+/t23-,26-,29?,35+/m0/s1. The molecule has 1 unspecified atom stereocenters. The minimum Gasteiger partial charge on any atom is -0.494 e. The molecule has 11 heteroatoms. The van der Waals surface area contributed by atoms with Crippen molar-refractivity contribution in [1.29, 1.82) is 0 Å². The number of unbranched alkanes of at least 4 members (excludes halogenated alkanes) is 1. The molecule has 0 saturated carbocycles. The van der Waals surface area contributed by atoms with E-state index in [1.807, 2.05) is 25.1 Å². The van der Waals surface area contributed by atoms with Crippen LogP contribution in [-0.2, 0) is 26.4 Å². The maximum atomic E-state index is 14.0. The van der Waals surface area contributed by atoms with E-state index in [0.717, 1.165) is 24.8 Å². The van der Waals surface area contributed by atoms with E-state index in [9.17, 15) is 29.7 Å². The molecule has 0 bridgehead atoms. The Bertz CT molecular complexity index is 1480. The number of aliphatic hydroxyl groups is 3. The molecule has 3 heterocycles. The lowest BCUT2D eigenvalue weighted by atomic mass is 9.82. The number of hydrogen-bond acceptors (Lipinski definition) is 8. The van der Waals surface area contributed by atoms with Gasteiger partial charge in [-0.1, -0.05) is 19.1 Å². The maximum absolute atomic E-state index is 14.0. The molecule has 0 spiro atoms. The summed E-state index contributed by atoms with van der Waals surface area (Å²) in [5.74, 6) is -0.716. The van der Waals surface area contributed by atoms with Crippen molar-refractivity contribution in [1.82, 2.24) is 10.2 Å². The van der Waals surface area contributed by atoms with E-state index >= 15 is 0 Å². The first-order valence-corrected chi connectivity index (χ1v) is 16.3. The number of ether oxygens (including phenoxy) is 1. The molecule has 1 fully saturated rings. The Kier molecular flexibility index (Phi) is 10.5. The van der Waals surface area contributed by atoms with E-state index in [4.69, 9.17) is 4.74 Å². The van der Waals surface area contributed by atoms with Crippen molar-refractivity contribution in [2.45, 2.75) is 70.1 Å². The number of rotatable bonds is 13. The molecule has 0 aromatic heterocycles. The molecule has 3 aliphatic rings. The summed E-state index contributed by atoms with van der Waals surface area (Å²) in [7, 11) is 1.62. The largest absolute Gasteiger partial charge is 0.494 e. The normalized spacial score (nSPS) is 23.3. The molecule has 4 atom stereocenters. The van der Waals surface area contributed by atoms with Crippen LogP contribution in [-0.4, -0.2) is 90.0 Å². The third kappa shape index (κ3) is 6.29. The molecule has 2 aromatic rings. The van der Waals surface area contributed by atoms with Gasteiger partial charge in [0.05, 0.1) is 36.7 Å². The second-order valence-corrected chi connectivity index (χ2v) is 12.4. The number of nitrogens with one attached hydrogen (secondary N) is 1. The third-order valence-corrected chi connectivity index (χ3v) is 9.45. The number of aliphatic hydroxyl groups excluding tert-OH is 2. The predicted octanol–water partition coefficient (Wildman–Crippen LogP) is 2.77. The lowest BCUT2D eigenvalue weighted by molar-refractivity contribution is -0.139. The number of benzene rings is 2. The number of carbonyl (C=O) groups is 3. The minimum absolute atomic E-state index is 0.0657. The molecule has 1 saturated heterocycles.